The van der Waals surface area contributed by atoms with Gasteiger partial charge >= 0.3 is 0 Å². The van der Waals surface area contributed by atoms with Crippen LogP contribution in [-0.4, -0.2) is 62.6 Å². The Hall–Kier alpha value is -1.49. The van der Waals surface area contributed by atoms with Crippen LogP contribution in [0.25, 0.3) is 0 Å². The van der Waals surface area contributed by atoms with E-state index in [1.807, 2.05) is 23.9 Å². The molecule has 3 heterocycles. The summed E-state index contributed by atoms with van der Waals surface area (Å²) in [6.45, 7) is 5.98. The van der Waals surface area contributed by atoms with Crippen LogP contribution in [0.4, 0.5) is 5.13 Å². The summed E-state index contributed by atoms with van der Waals surface area (Å²) < 4.78 is 7.30. The van der Waals surface area contributed by atoms with Gasteiger partial charge in [0.25, 0.3) is 0 Å². The lowest BCUT2D eigenvalue weighted by molar-refractivity contribution is -0.113. The van der Waals surface area contributed by atoms with Gasteiger partial charge in [-0.2, -0.15) is 0 Å². The topological polar surface area (TPSA) is 85.2 Å². The standard InChI is InChI=1S/C14H20N6O2S2/c1-10-8-23-13(15-10)16-12(21)9-24-14-18-17-11(19(14)2)7-20-3-5-22-6-4-20/h8H,3-7,9H2,1-2H3,(H,15,16,21). The molecule has 0 unspecified atom stereocenters. The Labute approximate surface area is 148 Å². The highest BCUT2D eigenvalue weighted by Gasteiger charge is 2.16. The number of nitrogens with one attached hydrogen (secondary N) is 1. The van der Waals surface area contributed by atoms with Gasteiger partial charge in [0.2, 0.25) is 5.91 Å². The quantitative estimate of drug-likeness (QED) is 0.765. The molecule has 0 aromatic carbocycles. The first-order chi connectivity index (χ1) is 11.6. The number of amides is 1. The number of carbonyl (C=O) groups excluding carboxylic acids is 1. The van der Waals surface area contributed by atoms with Gasteiger partial charge in [-0.3, -0.25) is 9.69 Å². The van der Waals surface area contributed by atoms with E-state index < -0.39 is 0 Å². The summed E-state index contributed by atoms with van der Waals surface area (Å²) in [6.07, 6.45) is 0. The van der Waals surface area contributed by atoms with Gasteiger partial charge in [-0.15, -0.1) is 21.5 Å². The van der Waals surface area contributed by atoms with Crippen LogP contribution in [0.1, 0.15) is 11.5 Å². The van der Waals surface area contributed by atoms with E-state index in [1.165, 1.54) is 23.1 Å². The first-order valence-electron chi connectivity index (χ1n) is 7.65. The molecule has 2 aromatic heterocycles. The molecule has 3 rings (SSSR count). The lowest BCUT2D eigenvalue weighted by Crippen LogP contribution is -2.36. The van der Waals surface area contributed by atoms with Crippen molar-refractivity contribution in [3.05, 3.63) is 16.9 Å². The normalized spacial score (nSPS) is 15.6. The van der Waals surface area contributed by atoms with E-state index >= 15 is 0 Å². The molecule has 0 atom stereocenters. The summed E-state index contributed by atoms with van der Waals surface area (Å²) >= 11 is 2.80. The summed E-state index contributed by atoms with van der Waals surface area (Å²) in [6, 6.07) is 0. The van der Waals surface area contributed by atoms with Gasteiger partial charge < -0.3 is 14.6 Å². The average Bonchev–Trinajstić information content (AvgIpc) is 3.13. The highest BCUT2D eigenvalue weighted by atomic mass is 32.2. The third-order valence-electron chi connectivity index (χ3n) is 3.59. The molecule has 2 aromatic rings. The minimum absolute atomic E-state index is 0.0907. The summed E-state index contributed by atoms with van der Waals surface area (Å²) in [5.74, 6) is 1.09. The van der Waals surface area contributed by atoms with E-state index in [2.05, 4.69) is 25.4 Å². The van der Waals surface area contributed by atoms with E-state index in [4.69, 9.17) is 4.74 Å². The van der Waals surface area contributed by atoms with Crippen LogP contribution < -0.4 is 5.32 Å². The predicted molar refractivity (Wildman–Crippen MR) is 93.3 cm³/mol. The largest absolute Gasteiger partial charge is 0.379 e. The van der Waals surface area contributed by atoms with E-state index in [0.717, 1.165) is 49.5 Å². The molecule has 1 N–H and O–H groups in total. The SMILES string of the molecule is Cc1csc(NC(=O)CSc2nnc(CN3CCOCC3)n2C)n1. The second-order valence-corrected chi connectivity index (χ2v) is 7.28. The Kier molecular flexibility index (Phi) is 5.82. The van der Waals surface area contributed by atoms with E-state index in [9.17, 15) is 4.79 Å². The van der Waals surface area contributed by atoms with Gasteiger partial charge in [-0.25, -0.2) is 4.98 Å². The van der Waals surface area contributed by atoms with E-state index in [0.29, 0.717) is 5.13 Å². The molecule has 130 valence electrons. The molecule has 1 aliphatic rings. The van der Waals surface area contributed by atoms with Gasteiger partial charge in [0.1, 0.15) is 5.82 Å². The zero-order chi connectivity index (χ0) is 16.9. The highest BCUT2D eigenvalue weighted by molar-refractivity contribution is 7.99. The number of morpholine rings is 1. The van der Waals surface area contributed by atoms with Crippen LogP contribution in [0.2, 0.25) is 0 Å². The summed E-state index contributed by atoms with van der Waals surface area (Å²) in [5.41, 5.74) is 0.906. The Morgan fingerprint density at radius 1 is 1.42 bits per heavy atom. The molecule has 0 spiro atoms. The van der Waals surface area contributed by atoms with Crippen LogP contribution in [0.3, 0.4) is 0 Å². The number of thiazole rings is 1. The Morgan fingerprint density at radius 2 is 2.21 bits per heavy atom. The van der Waals surface area contributed by atoms with Crippen molar-refractivity contribution in [2.45, 2.75) is 18.6 Å². The molecule has 24 heavy (non-hydrogen) atoms. The van der Waals surface area contributed by atoms with E-state index in [-0.39, 0.29) is 11.7 Å². The van der Waals surface area contributed by atoms with Crippen LogP contribution in [0.15, 0.2) is 10.5 Å². The summed E-state index contributed by atoms with van der Waals surface area (Å²) in [4.78, 5) is 18.5. The number of thioether (sulfide) groups is 1. The number of carbonyl (C=O) groups is 1. The minimum atomic E-state index is -0.0907. The molecule has 1 saturated heterocycles. The molecule has 10 heteroatoms. The number of ether oxygens (including phenoxy) is 1. The van der Waals surface area contributed by atoms with Crippen LogP contribution in [-0.2, 0) is 23.1 Å². The second-order valence-electron chi connectivity index (χ2n) is 5.48. The van der Waals surface area contributed by atoms with Gasteiger partial charge in [0.15, 0.2) is 10.3 Å². The fourth-order valence-electron chi connectivity index (χ4n) is 2.26. The van der Waals surface area contributed by atoms with Crippen molar-refractivity contribution in [3.8, 4) is 0 Å². The maximum Gasteiger partial charge on any atom is 0.236 e. The predicted octanol–water partition coefficient (Wildman–Crippen LogP) is 1.14. The van der Waals surface area contributed by atoms with Crippen LogP contribution in [0.5, 0.6) is 0 Å². The van der Waals surface area contributed by atoms with Crippen molar-refractivity contribution in [1.82, 2.24) is 24.6 Å². The van der Waals surface area contributed by atoms with Crippen molar-refractivity contribution in [2.24, 2.45) is 7.05 Å². The number of rotatable bonds is 6. The number of hydrogen-bond acceptors (Lipinski definition) is 8. The van der Waals surface area contributed by atoms with E-state index in [1.54, 1.807) is 0 Å². The van der Waals surface area contributed by atoms with Crippen LogP contribution >= 0.6 is 23.1 Å². The van der Waals surface area contributed by atoms with Crippen LogP contribution in [0, 0.1) is 6.92 Å². The lowest BCUT2D eigenvalue weighted by atomic mass is 10.4. The molecule has 8 nitrogen and oxygen atoms in total. The number of aromatic nitrogens is 4. The lowest BCUT2D eigenvalue weighted by Gasteiger charge is -2.25. The molecule has 0 aliphatic carbocycles. The maximum absolute atomic E-state index is 12.0. The fraction of sp³-hybridized carbons (Fsp3) is 0.571. The van der Waals surface area contributed by atoms with Crippen molar-refractivity contribution in [3.63, 3.8) is 0 Å². The smallest absolute Gasteiger partial charge is 0.236 e. The Balaban J connectivity index is 1.51. The van der Waals surface area contributed by atoms with Gasteiger partial charge in [0, 0.05) is 25.5 Å². The average molecular weight is 368 g/mol. The molecule has 0 bridgehead atoms. The molecular weight excluding hydrogens is 348 g/mol. The molecule has 0 radical (unpaired) electrons. The molecular formula is C14H20N6O2S2. The third kappa shape index (κ3) is 4.53. The fourth-order valence-corrected chi connectivity index (χ4v) is 3.70. The summed E-state index contributed by atoms with van der Waals surface area (Å²) in [5, 5.41) is 14.5. The van der Waals surface area contributed by atoms with Crippen molar-refractivity contribution >= 4 is 34.1 Å². The Morgan fingerprint density at radius 3 is 2.92 bits per heavy atom. The first-order valence-corrected chi connectivity index (χ1v) is 9.51. The third-order valence-corrected chi connectivity index (χ3v) is 5.49. The van der Waals surface area contributed by atoms with Gasteiger partial charge in [0.05, 0.1) is 31.2 Å². The molecule has 1 amide bonds. The monoisotopic (exact) mass is 368 g/mol. The van der Waals surface area contributed by atoms with Crippen molar-refractivity contribution < 1.29 is 9.53 Å². The molecule has 1 aliphatic heterocycles. The number of hydrogen-bond donors (Lipinski definition) is 1. The van der Waals surface area contributed by atoms with Gasteiger partial charge in [-0.1, -0.05) is 11.8 Å². The Bertz CT molecular complexity index is 695. The molecule has 1 fully saturated rings. The highest BCUT2D eigenvalue weighted by Crippen LogP contribution is 2.19. The zero-order valence-corrected chi connectivity index (χ0v) is 15.3. The maximum atomic E-state index is 12.0. The van der Waals surface area contributed by atoms with Crippen molar-refractivity contribution in [1.29, 1.82) is 0 Å². The second kappa shape index (κ2) is 8.06. The minimum Gasteiger partial charge on any atom is -0.379 e. The molecule has 0 saturated carbocycles. The first kappa shape index (κ1) is 17.3. The number of nitrogens with zero attached hydrogens (tertiary/aromatic N) is 5. The number of aryl methyl sites for hydroxylation is 1. The summed E-state index contributed by atoms with van der Waals surface area (Å²) in [7, 11) is 1.93. The zero-order valence-electron chi connectivity index (χ0n) is 13.7. The van der Waals surface area contributed by atoms with Gasteiger partial charge in [-0.05, 0) is 6.92 Å². The van der Waals surface area contributed by atoms with Crippen molar-refractivity contribution in [2.75, 3.05) is 37.4 Å². The number of anilines is 1.